The standard InChI is InChI=1S/C22H27N5O/c1-25-10-6-7-16(13-25)14-26(2)22(28)19-11-21(17-12-23-27(3)15-17)24-20-9-5-4-8-18(19)20/h4-5,8-9,11-12,15-16H,6-7,10,13-14H2,1-3H3/t16-/m1/s1. The first-order chi connectivity index (χ1) is 13.5. The topological polar surface area (TPSA) is 54.3 Å². The molecule has 0 radical (unpaired) electrons. The van der Waals surface area contributed by atoms with Gasteiger partial charge in [-0.3, -0.25) is 9.48 Å². The fourth-order valence-corrected chi connectivity index (χ4v) is 4.15. The number of pyridine rings is 1. The Morgan fingerprint density at radius 2 is 2.11 bits per heavy atom. The maximum absolute atomic E-state index is 13.4. The first-order valence-corrected chi connectivity index (χ1v) is 9.84. The zero-order chi connectivity index (χ0) is 19.7. The first-order valence-electron chi connectivity index (χ1n) is 9.84. The lowest BCUT2D eigenvalue weighted by Crippen LogP contribution is -2.40. The molecule has 0 N–H and O–H groups in total. The van der Waals surface area contributed by atoms with Crippen molar-refractivity contribution in [2.24, 2.45) is 13.0 Å². The molecule has 0 saturated carbocycles. The summed E-state index contributed by atoms with van der Waals surface area (Å²) in [5.74, 6) is 0.579. The van der Waals surface area contributed by atoms with Crippen molar-refractivity contribution >= 4 is 16.8 Å². The van der Waals surface area contributed by atoms with Crippen LogP contribution in [0.15, 0.2) is 42.7 Å². The molecule has 1 atom stereocenters. The molecule has 146 valence electrons. The third kappa shape index (κ3) is 3.78. The van der Waals surface area contributed by atoms with Crippen LogP contribution in [0.4, 0.5) is 0 Å². The van der Waals surface area contributed by atoms with Crippen LogP contribution in [0.2, 0.25) is 0 Å². The van der Waals surface area contributed by atoms with Crippen LogP contribution in [-0.2, 0) is 7.05 Å². The van der Waals surface area contributed by atoms with E-state index in [2.05, 4.69) is 17.0 Å². The molecule has 1 saturated heterocycles. The van der Waals surface area contributed by atoms with Gasteiger partial charge in [0.2, 0.25) is 0 Å². The molecule has 0 bridgehead atoms. The van der Waals surface area contributed by atoms with E-state index in [-0.39, 0.29) is 5.91 Å². The summed E-state index contributed by atoms with van der Waals surface area (Å²) in [7, 11) is 5.95. The van der Waals surface area contributed by atoms with Crippen LogP contribution in [0.3, 0.4) is 0 Å². The summed E-state index contributed by atoms with van der Waals surface area (Å²) >= 11 is 0. The molecule has 6 nitrogen and oxygen atoms in total. The van der Waals surface area contributed by atoms with Crippen LogP contribution >= 0.6 is 0 Å². The molecule has 3 heterocycles. The number of fused-ring (bicyclic) bond motifs is 1. The minimum Gasteiger partial charge on any atom is -0.341 e. The third-order valence-electron chi connectivity index (χ3n) is 5.55. The summed E-state index contributed by atoms with van der Waals surface area (Å²) in [4.78, 5) is 22.4. The second-order valence-corrected chi connectivity index (χ2v) is 7.93. The van der Waals surface area contributed by atoms with E-state index < -0.39 is 0 Å². The van der Waals surface area contributed by atoms with Crippen molar-refractivity contribution in [1.29, 1.82) is 0 Å². The number of benzene rings is 1. The molecule has 6 heteroatoms. The van der Waals surface area contributed by atoms with Gasteiger partial charge < -0.3 is 9.80 Å². The average molecular weight is 377 g/mol. The van der Waals surface area contributed by atoms with Gasteiger partial charge in [0.15, 0.2) is 0 Å². The zero-order valence-electron chi connectivity index (χ0n) is 16.8. The average Bonchev–Trinajstić information content (AvgIpc) is 3.13. The van der Waals surface area contributed by atoms with Crippen LogP contribution in [0.25, 0.3) is 22.2 Å². The lowest BCUT2D eigenvalue weighted by atomic mass is 9.97. The summed E-state index contributed by atoms with van der Waals surface area (Å²) in [6.07, 6.45) is 6.09. The van der Waals surface area contributed by atoms with Gasteiger partial charge in [0.1, 0.15) is 0 Å². The van der Waals surface area contributed by atoms with Crippen molar-refractivity contribution in [3.05, 3.63) is 48.3 Å². The van der Waals surface area contributed by atoms with Gasteiger partial charge in [-0.05, 0) is 44.5 Å². The second kappa shape index (κ2) is 7.72. The lowest BCUT2D eigenvalue weighted by Gasteiger charge is -2.32. The monoisotopic (exact) mass is 377 g/mol. The van der Waals surface area contributed by atoms with Gasteiger partial charge >= 0.3 is 0 Å². The van der Waals surface area contributed by atoms with Gasteiger partial charge in [-0.1, -0.05) is 18.2 Å². The molecular formula is C22H27N5O. The van der Waals surface area contributed by atoms with E-state index in [0.717, 1.165) is 41.8 Å². The van der Waals surface area contributed by atoms with E-state index in [0.29, 0.717) is 11.5 Å². The number of rotatable bonds is 4. The first kappa shape index (κ1) is 18.6. The Labute approximate surface area is 165 Å². The molecular weight excluding hydrogens is 350 g/mol. The molecule has 1 aliphatic heterocycles. The van der Waals surface area contributed by atoms with Gasteiger partial charge in [-0.15, -0.1) is 0 Å². The quantitative estimate of drug-likeness (QED) is 0.701. The third-order valence-corrected chi connectivity index (χ3v) is 5.55. The highest BCUT2D eigenvalue weighted by molar-refractivity contribution is 6.07. The molecule has 1 aromatic carbocycles. The maximum atomic E-state index is 13.4. The number of piperidine rings is 1. The van der Waals surface area contributed by atoms with Crippen molar-refractivity contribution in [1.82, 2.24) is 24.6 Å². The minimum absolute atomic E-state index is 0.0527. The molecule has 0 spiro atoms. The second-order valence-electron chi connectivity index (χ2n) is 7.93. The highest BCUT2D eigenvalue weighted by Gasteiger charge is 2.23. The fraction of sp³-hybridized carbons (Fsp3) is 0.409. The lowest BCUT2D eigenvalue weighted by molar-refractivity contribution is 0.0742. The Balaban J connectivity index is 1.67. The molecule has 0 unspecified atom stereocenters. The number of nitrogens with zero attached hydrogens (tertiary/aromatic N) is 5. The summed E-state index contributed by atoms with van der Waals surface area (Å²) in [5.41, 5.74) is 3.23. The largest absolute Gasteiger partial charge is 0.341 e. The molecule has 1 amide bonds. The Kier molecular flexibility index (Phi) is 5.13. The Hall–Kier alpha value is -2.73. The van der Waals surface area contributed by atoms with Crippen LogP contribution in [-0.4, -0.2) is 64.2 Å². The number of carbonyl (C=O) groups is 1. The van der Waals surface area contributed by atoms with E-state index in [9.17, 15) is 4.79 Å². The zero-order valence-corrected chi connectivity index (χ0v) is 16.8. The number of carbonyl (C=O) groups excluding carboxylic acids is 1. The van der Waals surface area contributed by atoms with Crippen LogP contribution < -0.4 is 0 Å². The predicted octanol–water partition coefficient (Wildman–Crippen LogP) is 3.05. The van der Waals surface area contributed by atoms with Crippen LogP contribution in [0, 0.1) is 5.92 Å². The molecule has 2 aromatic heterocycles. The number of aryl methyl sites for hydroxylation is 1. The van der Waals surface area contributed by atoms with E-state index >= 15 is 0 Å². The molecule has 1 aliphatic rings. The van der Waals surface area contributed by atoms with Crippen molar-refractivity contribution < 1.29 is 4.79 Å². The molecule has 28 heavy (non-hydrogen) atoms. The predicted molar refractivity (Wildman–Crippen MR) is 111 cm³/mol. The smallest absolute Gasteiger partial charge is 0.254 e. The molecule has 0 aliphatic carbocycles. The number of hydrogen-bond acceptors (Lipinski definition) is 4. The van der Waals surface area contributed by atoms with E-state index in [4.69, 9.17) is 4.98 Å². The summed E-state index contributed by atoms with van der Waals surface area (Å²) in [5, 5.41) is 5.14. The maximum Gasteiger partial charge on any atom is 0.254 e. The number of likely N-dealkylation sites (tertiary alicyclic amines) is 1. The Bertz CT molecular complexity index is 996. The van der Waals surface area contributed by atoms with Gasteiger partial charge in [-0.25, -0.2) is 4.98 Å². The van der Waals surface area contributed by atoms with Crippen molar-refractivity contribution in [3.8, 4) is 11.3 Å². The van der Waals surface area contributed by atoms with Gasteiger partial charge in [0.25, 0.3) is 5.91 Å². The van der Waals surface area contributed by atoms with Crippen molar-refractivity contribution in [2.75, 3.05) is 33.7 Å². The normalized spacial score (nSPS) is 17.8. The summed E-state index contributed by atoms with van der Waals surface area (Å²) in [6, 6.07) is 9.76. The number of amides is 1. The van der Waals surface area contributed by atoms with E-state index in [1.807, 2.05) is 55.5 Å². The molecule has 3 aromatic rings. The minimum atomic E-state index is 0.0527. The summed E-state index contributed by atoms with van der Waals surface area (Å²) < 4.78 is 1.75. The molecule has 1 fully saturated rings. The van der Waals surface area contributed by atoms with Crippen molar-refractivity contribution in [2.45, 2.75) is 12.8 Å². The highest BCUT2D eigenvalue weighted by atomic mass is 16.2. The van der Waals surface area contributed by atoms with E-state index in [1.165, 1.54) is 12.8 Å². The fourth-order valence-electron chi connectivity index (χ4n) is 4.15. The Morgan fingerprint density at radius 1 is 1.29 bits per heavy atom. The van der Waals surface area contributed by atoms with Crippen LogP contribution in [0.5, 0.6) is 0 Å². The van der Waals surface area contributed by atoms with Gasteiger partial charge in [0.05, 0.1) is 23.0 Å². The number of aromatic nitrogens is 3. The summed E-state index contributed by atoms with van der Waals surface area (Å²) in [6.45, 7) is 2.98. The van der Waals surface area contributed by atoms with Gasteiger partial charge in [-0.2, -0.15) is 5.10 Å². The van der Waals surface area contributed by atoms with E-state index in [1.54, 1.807) is 10.9 Å². The molecule has 4 rings (SSSR count). The number of para-hydroxylation sites is 1. The van der Waals surface area contributed by atoms with Crippen LogP contribution in [0.1, 0.15) is 23.2 Å². The Morgan fingerprint density at radius 3 is 2.86 bits per heavy atom. The highest BCUT2D eigenvalue weighted by Crippen LogP contribution is 2.26. The van der Waals surface area contributed by atoms with Gasteiger partial charge in [0, 0.05) is 44.3 Å². The number of hydrogen-bond donors (Lipinski definition) is 0. The SMILES string of the molecule is CN1CCC[C@@H](CN(C)C(=O)c2cc(-c3cnn(C)c3)nc3ccccc23)C1. The van der Waals surface area contributed by atoms with Crippen molar-refractivity contribution in [3.63, 3.8) is 0 Å².